The van der Waals surface area contributed by atoms with Crippen molar-refractivity contribution in [1.29, 1.82) is 0 Å². The number of hydrogen-bond donors (Lipinski definition) is 0. The van der Waals surface area contributed by atoms with Crippen LogP contribution in [0.4, 0.5) is 23.2 Å². The van der Waals surface area contributed by atoms with E-state index < -0.39 is 24.4 Å². The van der Waals surface area contributed by atoms with Gasteiger partial charge in [-0.15, -0.1) is 0 Å². The van der Waals surface area contributed by atoms with Crippen LogP contribution in [0, 0.1) is 5.82 Å². The Morgan fingerprint density at radius 2 is 1.81 bits per heavy atom. The molecule has 0 N–H and O–H groups in total. The average molecular weight is 398 g/mol. The summed E-state index contributed by atoms with van der Waals surface area (Å²) >= 11 is 6.07. The molecule has 0 radical (unpaired) electrons. The van der Waals surface area contributed by atoms with E-state index in [4.69, 9.17) is 11.6 Å². The molecule has 27 heavy (non-hydrogen) atoms. The maximum atomic E-state index is 14.4. The standard InChI is InChI=1S/C20H16ClF4NO/c21-13-9-10-18-16(11-13)14(15-6-1-3-7-17(15)22)5-2-4-8-19(27)26(18)12-20(23,24)25/h1,3,5-7,9-11H,2,4,8,12H2/b14-5+. The Labute approximate surface area is 159 Å². The highest BCUT2D eigenvalue weighted by Gasteiger charge is 2.35. The van der Waals surface area contributed by atoms with Gasteiger partial charge in [-0.05, 0) is 42.7 Å². The molecule has 7 heteroatoms. The van der Waals surface area contributed by atoms with Gasteiger partial charge in [-0.3, -0.25) is 4.79 Å². The fourth-order valence-electron chi connectivity index (χ4n) is 3.13. The summed E-state index contributed by atoms with van der Waals surface area (Å²) in [5.74, 6) is -1.12. The number of fused-ring (bicyclic) bond motifs is 1. The number of amides is 1. The quantitative estimate of drug-likeness (QED) is 0.570. The zero-order valence-electron chi connectivity index (χ0n) is 14.2. The Bertz CT molecular complexity index is 892. The van der Waals surface area contributed by atoms with Gasteiger partial charge in [0.1, 0.15) is 12.4 Å². The van der Waals surface area contributed by atoms with Gasteiger partial charge >= 0.3 is 6.18 Å². The maximum Gasteiger partial charge on any atom is 0.406 e. The molecular formula is C20H16ClF4NO. The molecule has 0 saturated carbocycles. The van der Waals surface area contributed by atoms with Crippen LogP contribution >= 0.6 is 11.6 Å². The van der Waals surface area contributed by atoms with Crippen LogP contribution in [0.3, 0.4) is 0 Å². The molecule has 2 aromatic carbocycles. The third-order valence-corrected chi connectivity index (χ3v) is 4.52. The number of benzene rings is 2. The van der Waals surface area contributed by atoms with Crippen molar-refractivity contribution in [3.8, 4) is 0 Å². The Balaban J connectivity index is 2.22. The van der Waals surface area contributed by atoms with E-state index in [0.29, 0.717) is 28.9 Å². The minimum absolute atomic E-state index is 0.0286. The van der Waals surface area contributed by atoms with Gasteiger partial charge in [0.15, 0.2) is 0 Å². The smallest absolute Gasteiger partial charge is 0.303 e. The van der Waals surface area contributed by atoms with E-state index in [1.807, 2.05) is 0 Å². The topological polar surface area (TPSA) is 20.3 Å². The van der Waals surface area contributed by atoms with E-state index in [0.717, 1.165) is 0 Å². The Morgan fingerprint density at radius 3 is 2.52 bits per heavy atom. The third-order valence-electron chi connectivity index (χ3n) is 4.29. The molecule has 3 rings (SSSR count). The fraction of sp³-hybridized carbons (Fsp3) is 0.250. The van der Waals surface area contributed by atoms with Crippen LogP contribution in [-0.2, 0) is 4.79 Å². The summed E-state index contributed by atoms with van der Waals surface area (Å²) in [5.41, 5.74) is 1.04. The number of allylic oxidation sites excluding steroid dienone is 1. The monoisotopic (exact) mass is 397 g/mol. The third kappa shape index (κ3) is 4.50. The normalized spacial score (nSPS) is 17.4. The second-order valence-electron chi connectivity index (χ2n) is 6.25. The molecule has 1 aliphatic heterocycles. The van der Waals surface area contributed by atoms with Crippen LogP contribution in [0.25, 0.3) is 5.57 Å². The van der Waals surface area contributed by atoms with E-state index >= 15 is 0 Å². The number of rotatable bonds is 2. The van der Waals surface area contributed by atoms with E-state index in [1.165, 1.54) is 30.3 Å². The summed E-state index contributed by atoms with van der Waals surface area (Å²) in [6.45, 7) is -1.41. The van der Waals surface area contributed by atoms with Gasteiger partial charge in [0.2, 0.25) is 5.91 Å². The lowest BCUT2D eigenvalue weighted by Gasteiger charge is -2.27. The molecule has 0 saturated heterocycles. The molecule has 0 bridgehead atoms. The molecule has 0 atom stereocenters. The van der Waals surface area contributed by atoms with Crippen molar-refractivity contribution in [3.05, 3.63) is 70.5 Å². The molecule has 142 valence electrons. The van der Waals surface area contributed by atoms with Crippen molar-refractivity contribution >= 4 is 28.8 Å². The van der Waals surface area contributed by atoms with Crippen LogP contribution in [0.15, 0.2) is 48.5 Å². The first-order valence-electron chi connectivity index (χ1n) is 8.38. The lowest BCUT2D eigenvalue weighted by Crippen LogP contribution is -2.39. The van der Waals surface area contributed by atoms with Crippen molar-refractivity contribution < 1.29 is 22.4 Å². The second kappa shape index (κ2) is 7.72. The minimum Gasteiger partial charge on any atom is -0.303 e. The summed E-state index contributed by atoms with van der Waals surface area (Å²) in [4.78, 5) is 13.2. The van der Waals surface area contributed by atoms with E-state index in [1.54, 1.807) is 18.2 Å². The van der Waals surface area contributed by atoms with Crippen LogP contribution in [-0.4, -0.2) is 18.6 Å². The second-order valence-corrected chi connectivity index (χ2v) is 6.68. The summed E-state index contributed by atoms with van der Waals surface area (Å²) in [6, 6.07) is 10.3. The highest BCUT2D eigenvalue weighted by molar-refractivity contribution is 6.31. The summed E-state index contributed by atoms with van der Waals surface area (Å²) in [5, 5.41) is 0.287. The molecule has 0 aromatic heterocycles. The molecule has 2 aromatic rings. The molecule has 0 fully saturated rings. The molecule has 0 aliphatic carbocycles. The number of anilines is 1. The number of carbonyl (C=O) groups is 1. The minimum atomic E-state index is -4.57. The van der Waals surface area contributed by atoms with Gasteiger partial charge < -0.3 is 4.90 Å². The number of carbonyl (C=O) groups excluding carboxylic acids is 1. The SMILES string of the molecule is O=C1CCC/C=C(\c2ccccc2F)c2cc(Cl)ccc2N1CC(F)(F)F. The Morgan fingerprint density at radius 1 is 1.07 bits per heavy atom. The molecule has 1 amide bonds. The van der Waals surface area contributed by atoms with Crippen LogP contribution < -0.4 is 4.90 Å². The molecule has 2 nitrogen and oxygen atoms in total. The average Bonchev–Trinajstić information content (AvgIpc) is 2.65. The highest BCUT2D eigenvalue weighted by Crippen LogP contribution is 2.38. The first kappa shape index (κ1) is 19.4. The van der Waals surface area contributed by atoms with Gasteiger partial charge in [-0.1, -0.05) is 35.9 Å². The van der Waals surface area contributed by atoms with Crippen molar-refractivity contribution in [2.24, 2.45) is 0 Å². The Hall–Kier alpha value is -2.34. The molecule has 1 heterocycles. The predicted octanol–water partition coefficient (Wildman–Crippen LogP) is 5.99. The van der Waals surface area contributed by atoms with E-state index in [9.17, 15) is 22.4 Å². The lowest BCUT2D eigenvalue weighted by atomic mass is 9.94. The zero-order valence-corrected chi connectivity index (χ0v) is 14.9. The number of halogens is 5. The molecule has 0 spiro atoms. The van der Waals surface area contributed by atoms with Gasteiger partial charge in [-0.2, -0.15) is 13.2 Å². The summed E-state index contributed by atoms with van der Waals surface area (Å²) in [7, 11) is 0. The van der Waals surface area contributed by atoms with E-state index in [2.05, 4.69) is 0 Å². The summed E-state index contributed by atoms with van der Waals surface area (Å²) < 4.78 is 53.8. The Kier molecular flexibility index (Phi) is 5.56. The van der Waals surface area contributed by atoms with Gasteiger partial charge in [0, 0.05) is 22.6 Å². The zero-order chi connectivity index (χ0) is 19.6. The molecular weight excluding hydrogens is 382 g/mol. The summed E-state index contributed by atoms with van der Waals surface area (Å²) in [6.07, 6.45) is -2.05. The van der Waals surface area contributed by atoms with Gasteiger partial charge in [0.05, 0.1) is 5.69 Å². The van der Waals surface area contributed by atoms with Crippen molar-refractivity contribution in [3.63, 3.8) is 0 Å². The fourth-order valence-corrected chi connectivity index (χ4v) is 3.30. The van der Waals surface area contributed by atoms with Crippen LogP contribution in [0.2, 0.25) is 5.02 Å². The van der Waals surface area contributed by atoms with Crippen LogP contribution in [0.5, 0.6) is 0 Å². The van der Waals surface area contributed by atoms with Gasteiger partial charge in [-0.25, -0.2) is 4.39 Å². The molecule has 0 unspecified atom stereocenters. The number of alkyl halides is 3. The first-order valence-corrected chi connectivity index (χ1v) is 8.76. The van der Waals surface area contributed by atoms with Gasteiger partial charge in [0.25, 0.3) is 0 Å². The lowest BCUT2D eigenvalue weighted by molar-refractivity contribution is -0.132. The number of hydrogen-bond acceptors (Lipinski definition) is 1. The van der Waals surface area contributed by atoms with Crippen molar-refractivity contribution in [1.82, 2.24) is 0 Å². The maximum absolute atomic E-state index is 14.4. The van der Waals surface area contributed by atoms with Crippen molar-refractivity contribution in [2.45, 2.75) is 25.4 Å². The highest BCUT2D eigenvalue weighted by atomic mass is 35.5. The largest absolute Gasteiger partial charge is 0.406 e. The van der Waals surface area contributed by atoms with Crippen LogP contribution in [0.1, 0.15) is 30.4 Å². The first-order chi connectivity index (χ1) is 12.8. The van der Waals surface area contributed by atoms with Crippen molar-refractivity contribution in [2.75, 3.05) is 11.4 Å². The predicted molar refractivity (Wildman–Crippen MR) is 97.2 cm³/mol. The molecule has 1 aliphatic rings. The number of nitrogens with zero attached hydrogens (tertiary/aromatic N) is 1. The van der Waals surface area contributed by atoms with E-state index in [-0.39, 0.29) is 22.7 Å².